The maximum absolute atomic E-state index is 13.9. The number of benzene rings is 1. The largest absolute Gasteiger partial charge is 0.294 e. The molecule has 1 aliphatic rings. The van der Waals surface area contributed by atoms with Crippen LogP contribution in [0, 0.1) is 11.6 Å². The van der Waals surface area contributed by atoms with E-state index in [0.717, 1.165) is 0 Å². The Kier molecular flexibility index (Phi) is 4.27. The van der Waals surface area contributed by atoms with Crippen LogP contribution in [-0.4, -0.2) is 37.4 Å². The minimum Gasteiger partial charge on any atom is -0.294 e. The van der Waals surface area contributed by atoms with E-state index in [-0.39, 0.29) is 34.1 Å². The molecular formula is C12H14BrF2NO2S. The Morgan fingerprint density at radius 1 is 1.42 bits per heavy atom. The van der Waals surface area contributed by atoms with Crippen LogP contribution in [0.1, 0.15) is 12.5 Å². The smallest absolute Gasteiger partial charge is 0.153 e. The van der Waals surface area contributed by atoms with Crippen molar-refractivity contribution in [1.82, 2.24) is 4.90 Å². The molecular weight excluding hydrogens is 340 g/mol. The van der Waals surface area contributed by atoms with Crippen LogP contribution in [0.3, 0.4) is 0 Å². The standard InChI is InChI=1S/C12H14BrF2NO2S/c1-8-7-19(17,18)5-4-16(8)6-9-11(14)3-2-10(13)12(9)15/h2-3,8H,4-7H2,1H3. The second kappa shape index (κ2) is 5.46. The summed E-state index contributed by atoms with van der Waals surface area (Å²) in [5, 5.41) is 0. The average molecular weight is 354 g/mol. The van der Waals surface area contributed by atoms with Gasteiger partial charge in [-0.3, -0.25) is 4.90 Å². The highest BCUT2D eigenvalue weighted by atomic mass is 79.9. The third-order valence-electron chi connectivity index (χ3n) is 3.31. The van der Waals surface area contributed by atoms with E-state index < -0.39 is 21.5 Å². The minimum absolute atomic E-state index is 0.0273. The van der Waals surface area contributed by atoms with Gasteiger partial charge in [-0.15, -0.1) is 0 Å². The summed E-state index contributed by atoms with van der Waals surface area (Å²) in [5.41, 5.74) is -0.0273. The fourth-order valence-corrected chi connectivity index (χ4v) is 4.18. The van der Waals surface area contributed by atoms with E-state index in [4.69, 9.17) is 0 Å². The lowest BCUT2D eigenvalue weighted by molar-refractivity contribution is 0.212. The van der Waals surface area contributed by atoms with Gasteiger partial charge in [0, 0.05) is 24.7 Å². The van der Waals surface area contributed by atoms with Gasteiger partial charge >= 0.3 is 0 Å². The van der Waals surface area contributed by atoms with Crippen molar-refractivity contribution in [1.29, 1.82) is 0 Å². The third-order valence-corrected chi connectivity index (χ3v) is 5.72. The molecule has 0 radical (unpaired) electrons. The van der Waals surface area contributed by atoms with Crippen molar-refractivity contribution in [3.8, 4) is 0 Å². The summed E-state index contributed by atoms with van der Waals surface area (Å²) in [6.07, 6.45) is 0. The molecule has 1 fully saturated rings. The molecule has 0 aromatic heterocycles. The predicted octanol–water partition coefficient (Wildman–Crippen LogP) is 2.35. The van der Waals surface area contributed by atoms with Crippen LogP contribution in [0.4, 0.5) is 8.78 Å². The first kappa shape index (κ1) is 14.9. The molecule has 0 saturated carbocycles. The van der Waals surface area contributed by atoms with E-state index in [2.05, 4.69) is 15.9 Å². The highest BCUT2D eigenvalue weighted by molar-refractivity contribution is 9.10. The second-order valence-corrected chi connectivity index (χ2v) is 7.84. The number of halogens is 3. The maximum atomic E-state index is 13.9. The van der Waals surface area contributed by atoms with Gasteiger partial charge in [-0.2, -0.15) is 0 Å². The molecule has 0 amide bonds. The van der Waals surface area contributed by atoms with E-state index in [0.29, 0.717) is 6.54 Å². The van der Waals surface area contributed by atoms with E-state index in [1.807, 2.05) is 0 Å². The maximum Gasteiger partial charge on any atom is 0.153 e. The minimum atomic E-state index is -3.02. The van der Waals surface area contributed by atoms with Crippen LogP contribution in [0.15, 0.2) is 16.6 Å². The number of rotatable bonds is 2. The van der Waals surface area contributed by atoms with Gasteiger partial charge in [0.2, 0.25) is 0 Å². The molecule has 2 rings (SSSR count). The van der Waals surface area contributed by atoms with Crippen LogP contribution in [0.5, 0.6) is 0 Å². The number of hydrogen-bond donors (Lipinski definition) is 0. The van der Waals surface area contributed by atoms with Gasteiger partial charge in [0.25, 0.3) is 0 Å². The van der Waals surface area contributed by atoms with E-state index in [9.17, 15) is 17.2 Å². The highest BCUT2D eigenvalue weighted by Gasteiger charge is 2.29. The molecule has 1 saturated heterocycles. The van der Waals surface area contributed by atoms with Crippen molar-refractivity contribution in [3.63, 3.8) is 0 Å². The lowest BCUT2D eigenvalue weighted by Crippen LogP contribution is -2.46. The summed E-state index contributed by atoms with van der Waals surface area (Å²) in [5.74, 6) is -1.17. The number of sulfone groups is 1. The van der Waals surface area contributed by atoms with Crippen molar-refractivity contribution < 1.29 is 17.2 Å². The highest BCUT2D eigenvalue weighted by Crippen LogP contribution is 2.24. The summed E-state index contributed by atoms with van der Waals surface area (Å²) in [4.78, 5) is 1.79. The molecule has 1 heterocycles. The third kappa shape index (κ3) is 3.32. The Morgan fingerprint density at radius 2 is 2.11 bits per heavy atom. The Bertz CT molecular complexity index is 592. The molecule has 106 valence electrons. The molecule has 1 aliphatic heterocycles. The van der Waals surface area contributed by atoms with Crippen LogP contribution < -0.4 is 0 Å². The Morgan fingerprint density at radius 3 is 2.74 bits per heavy atom. The molecule has 1 aromatic rings. The number of nitrogens with zero attached hydrogens (tertiary/aromatic N) is 1. The van der Waals surface area contributed by atoms with Gasteiger partial charge in [-0.25, -0.2) is 17.2 Å². The van der Waals surface area contributed by atoms with Gasteiger partial charge in [-0.05, 0) is 35.0 Å². The van der Waals surface area contributed by atoms with Crippen molar-refractivity contribution >= 4 is 25.8 Å². The summed E-state index contributed by atoms with van der Waals surface area (Å²) in [7, 11) is -3.02. The van der Waals surface area contributed by atoms with Gasteiger partial charge < -0.3 is 0 Å². The molecule has 1 aromatic carbocycles. The number of hydrogen-bond acceptors (Lipinski definition) is 3. The zero-order valence-corrected chi connectivity index (χ0v) is 12.8. The first-order chi connectivity index (χ1) is 8.80. The summed E-state index contributed by atoms with van der Waals surface area (Å²) < 4.78 is 50.7. The normalized spacial score (nSPS) is 23.5. The van der Waals surface area contributed by atoms with Crippen LogP contribution in [0.2, 0.25) is 0 Å². The fourth-order valence-electron chi connectivity index (χ4n) is 2.18. The Labute approximate surface area is 119 Å². The fraction of sp³-hybridized carbons (Fsp3) is 0.500. The summed E-state index contributed by atoms with van der Waals surface area (Å²) in [6, 6.07) is 2.28. The lowest BCUT2D eigenvalue weighted by Gasteiger charge is -2.33. The molecule has 0 aliphatic carbocycles. The molecule has 3 nitrogen and oxygen atoms in total. The topological polar surface area (TPSA) is 37.4 Å². The second-order valence-electron chi connectivity index (χ2n) is 4.76. The molecule has 19 heavy (non-hydrogen) atoms. The Balaban J connectivity index is 2.21. The van der Waals surface area contributed by atoms with Gasteiger partial charge in [0.1, 0.15) is 11.6 Å². The summed E-state index contributed by atoms with van der Waals surface area (Å²) >= 11 is 3.02. The predicted molar refractivity (Wildman–Crippen MR) is 72.6 cm³/mol. The molecule has 0 bridgehead atoms. The zero-order valence-electron chi connectivity index (χ0n) is 10.4. The quantitative estimate of drug-likeness (QED) is 0.766. The molecule has 1 unspecified atom stereocenters. The first-order valence-corrected chi connectivity index (χ1v) is 8.48. The summed E-state index contributed by atoms with van der Waals surface area (Å²) in [6.45, 7) is 2.13. The van der Waals surface area contributed by atoms with Gasteiger partial charge in [0.05, 0.1) is 16.0 Å². The van der Waals surface area contributed by atoms with Crippen LogP contribution in [-0.2, 0) is 16.4 Å². The average Bonchev–Trinajstić information content (AvgIpc) is 2.31. The van der Waals surface area contributed by atoms with Crippen LogP contribution >= 0.6 is 15.9 Å². The lowest BCUT2D eigenvalue weighted by atomic mass is 10.1. The SMILES string of the molecule is CC1CS(=O)(=O)CCN1Cc1c(F)ccc(Br)c1F. The van der Waals surface area contributed by atoms with E-state index in [1.54, 1.807) is 11.8 Å². The Hall–Kier alpha value is -0.530. The van der Waals surface area contributed by atoms with Gasteiger partial charge in [-0.1, -0.05) is 0 Å². The van der Waals surface area contributed by atoms with E-state index >= 15 is 0 Å². The monoisotopic (exact) mass is 353 g/mol. The molecule has 7 heteroatoms. The first-order valence-electron chi connectivity index (χ1n) is 5.87. The molecule has 0 spiro atoms. The zero-order chi connectivity index (χ0) is 14.2. The molecule has 0 N–H and O–H groups in total. The molecule has 1 atom stereocenters. The van der Waals surface area contributed by atoms with E-state index in [1.165, 1.54) is 12.1 Å². The van der Waals surface area contributed by atoms with Crippen molar-refractivity contribution in [2.45, 2.75) is 19.5 Å². The van der Waals surface area contributed by atoms with Crippen molar-refractivity contribution in [3.05, 3.63) is 33.8 Å². The van der Waals surface area contributed by atoms with Crippen molar-refractivity contribution in [2.75, 3.05) is 18.1 Å². The van der Waals surface area contributed by atoms with Crippen LogP contribution in [0.25, 0.3) is 0 Å². The van der Waals surface area contributed by atoms with Crippen molar-refractivity contribution in [2.24, 2.45) is 0 Å². The van der Waals surface area contributed by atoms with Gasteiger partial charge in [0.15, 0.2) is 9.84 Å².